The molecule has 0 amide bonds. The fraction of sp³-hybridized carbons (Fsp3) is 0.462. The Kier molecular flexibility index (Phi) is 5.69. The first-order chi connectivity index (χ1) is 8.87. The number of nitrogens with zero attached hydrogens (tertiary/aromatic N) is 2. The highest BCUT2D eigenvalue weighted by Gasteiger charge is 2.12. The molecule has 0 unspecified atom stereocenters. The van der Waals surface area contributed by atoms with Crippen LogP contribution in [0.3, 0.4) is 0 Å². The van der Waals surface area contributed by atoms with Gasteiger partial charge in [0.15, 0.2) is 11.1 Å². The number of aliphatic imine (C=N–C) groups is 1. The molecule has 1 heterocycles. The van der Waals surface area contributed by atoms with Crippen molar-refractivity contribution in [2.45, 2.75) is 32.7 Å². The zero-order chi connectivity index (χ0) is 14.3. The molecule has 0 aliphatic carbocycles. The van der Waals surface area contributed by atoms with E-state index in [9.17, 15) is 0 Å². The minimum absolute atomic E-state index is 0.110. The molecule has 0 saturated carbocycles. The Labute approximate surface area is 119 Å². The smallest absolute Gasteiger partial charge is 0.197 e. The van der Waals surface area contributed by atoms with Crippen molar-refractivity contribution in [2.24, 2.45) is 10.7 Å². The standard InChI is InChI=1S/C13H21N5S/c1-13(2,3)18-12(17-11(14)19)16-9-7-10-6-4-5-8-15-10/h4-6,8H,7,9H2,1-3H3,(H4,14,16,17,18,19). The van der Waals surface area contributed by atoms with Gasteiger partial charge in [-0.05, 0) is 45.1 Å². The minimum Gasteiger partial charge on any atom is -0.376 e. The summed E-state index contributed by atoms with van der Waals surface area (Å²) in [6, 6.07) is 5.84. The molecule has 1 rings (SSSR count). The summed E-state index contributed by atoms with van der Waals surface area (Å²) in [4.78, 5) is 8.68. The Hall–Kier alpha value is -1.69. The van der Waals surface area contributed by atoms with Crippen LogP contribution in [0, 0.1) is 0 Å². The maximum absolute atomic E-state index is 5.48. The van der Waals surface area contributed by atoms with Gasteiger partial charge in [0.05, 0.1) is 0 Å². The Balaban J connectivity index is 2.59. The van der Waals surface area contributed by atoms with E-state index >= 15 is 0 Å². The van der Waals surface area contributed by atoms with E-state index in [-0.39, 0.29) is 10.7 Å². The molecule has 0 spiro atoms. The topological polar surface area (TPSA) is 75.3 Å². The molecule has 0 radical (unpaired) electrons. The molecule has 0 atom stereocenters. The van der Waals surface area contributed by atoms with Crippen molar-refractivity contribution in [1.29, 1.82) is 0 Å². The van der Waals surface area contributed by atoms with Crippen LogP contribution in [-0.4, -0.2) is 28.1 Å². The van der Waals surface area contributed by atoms with E-state index in [0.29, 0.717) is 12.5 Å². The molecule has 19 heavy (non-hydrogen) atoms. The first-order valence-corrected chi connectivity index (χ1v) is 6.56. The molecule has 6 heteroatoms. The number of nitrogens with two attached hydrogens (primary N) is 1. The number of guanidine groups is 1. The zero-order valence-corrected chi connectivity index (χ0v) is 12.4. The quantitative estimate of drug-likeness (QED) is 0.440. The number of hydrogen-bond acceptors (Lipinski definition) is 3. The van der Waals surface area contributed by atoms with Gasteiger partial charge < -0.3 is 16.4 Å². The largest absolute Gasteiger partial charge is 0.376 e. The number of aromatic nitrogens is 1. The number of hydrogen-bond donors (Lipinski definition) is 3. The van der Waals surface area contributed by atoms with Crippen molar-refractivity contribution in [3.8, 4) is 0 Å². The fourth-order valence-electron chi connectivity index (χ4n) is 1.41. The van der Waals surface area contributed by atoms with E-state index in [4.69, 9.17) is 18.0 Å². The van der Waals surface area contributed by atoms with E-state index in [1.807, 2.05) is 39.0 Å². The van der Waals surface area contributed by atoms with Crippen LogP contribution < -0.4 is 16.4 Å². The second-order valence-corrected chi connectivity index (χ2v) is 5.61. The molecule has 0 saturated heterocycles. The third-order valence-corrected chi connectivity index (χ3v) is 2.20. The van der Waals surface area contributed by atoms with Crippen LogP contribution in [0.1, 0.15) is 26.5 Å². The molecule has 0 aromatic carbocycles. The SMILES string of the molecule is CC(C)(C)NC(=NCCc1ccccn1)NC(N)=S. The molecule has 4 N–H and O–H groups in total. The van der Waals surface area contributed by atoms with Crippen LogP contribution >= 0.6 is 12.2 Å². The van der Waals surface area contributed by atoms with Crippen molar-refractivity contribution in [2.75, 3.05) is 6.54 Å². The van der Waals surface area contributed by atoms with Crippen LogP contribution in [0.15, 0.2) is 29.4 Å². The van der Waals surface area contributed by atoms with Crippen LogP contribution in [0.5, 0.6) is 0 Å². The van der Waals surface area contributed by atoms with E-state index in [2.05, 4.69) is 20.6 Å². The lowest BCUT2D eigenvalue weighted by Gasteiger charge is -2.23. The lowest BCUT2D eigenvalue weighted by molar-refractivity contribution is 0.505. The zero-order valence-electron chi connectivity index (χ0n) is 11.6. The van der Waals surface area contributed by atoms with Gasteiger partial charge in [-0.3, -0.25) is 9.98 Å². The van der Waals surface area contributed by atoms with Crippen LogP contribution in [0.2, 0.25) is 0 Å². The van der Waals surface area contributed by atoms with Gasteiger partial charge in [-0.15, -0.1) is 0 Å². The molecule has 1 aromatic heterocycles. The average molecular weight is 279 g/mol. The third-order valence-electron chi connectivity index (χ3n) is 2.10. The Morgan fingerprint density at radius 1 is 1.42 bits per heavy atom. The van der Waals surface area contributed by atoms with Gasteiger partial charge in [-0.2, -0.15) is 0 Å². The number of thiocarbonyl (C=S) groups is 1. The molecule has 0 fully saturated rings. The van der Waals surface area contributed by atoms with Crippen molar-refractivity contribution in [1.82, 2.24) is 15.6 Å². The van der Waals surface area contributed by atoms with Crippen LogP contribution in [0.4, 0.5) is 0 Å². The summed E-state index contributed by atoms with van der Waals surface area (Å²) < 4.78 is 0. The van der Waals surface area contributed by atoms with Gasteiger partial charge in [0, 0.05) is 30.4 Å². The van der Waals surface area contributed by atoms with Gasteiger partial charge in [0.25, 0.3) is 0 Å². The second kappa shape index (κ2) is 7.04. The number of nitrogens with one attached hydrogen (secondary N) is 2. The Morgan fingerprint density at radius 2 is 2.16 bits per heavy atom. The van der Waals surface area contributed by atoms with E-state index in [0.717, 1.165) is 12.1 Å². The molecule has 0 aliphatic heterocycles. The second-order valence-electron chi connectivity index (χ2n) is 5.17. The Bertz CT molecular complexity index is 436. The minimum atomic E-state index is -0.110. The van der Waals surface area contributed by atoms with Crippen molar-refractivity contribution in [3.05, 3.63) is 30.1 Å². The highest BCUT2D eigenvalue weighted by molar-refractivity contribution is 7.80. The van der Waals surface area contributed by atoms with Crippen molar-refractivity contribution in [3.63, 3.8) is 0 Å². The highest BCUT2D eigenvalue weighted by Crippen LogP contribution is 1.99. The molecule has 5 nitrogen and oxygen atoms in total. The lowest BCUT2D eigenvalue weighted by atomic mass is 10.1. The Morgan fingerprint density at radius 3 is 2.68 bits per heavy atom. The van der Waals surface area contributed by atoms with E-state index < -0.39 is 0 Å². The molecule has 1 aromatic rings. The predicted molar refractivity (Wildman–Crippen MR) is 83.1 cm³/mol. The number of rotatable bonds is 3. The van der Waals surface area contributed by atoms with Gasteiger partial charge in [0.1, 0.15) is 0 Å². The summed E-state index contributed by atoms with van der Waals surface area (Å²) in [6.45, 7) is 6.75. The van der Waals surface area contributed by atoms with Crippen molar-refractivity contribution < 1.29 is 0 Å². The summed E-state index contributed by atoms with van der Waals surface area (Å²) in [5.74, 6) is 0.593. The van der Waals surface area contributed by atoms with Gasteiger partial charge in [-0.1, -0.05) is 6.07 Å². The van der Waals surface area contributed by atoms with E-state index in [1.54, 1.807) is 6.20 Å². The van der Waals surface area contributed by atoms with Gasteiger partial charge in [0.2, 0.25) is 0 Å². The summed E-state index contributed by atoms with van der Waals surface area (Å²) in [5.41, 5.74) is 6.38. The van der Waals surface area contributed by atoms with Crippen LogP contribution in [0.25, 0.3) is 0 Å². The normalized spacial score (nSPS) is 12.1. The average Bonchev–Trinajstić information content (AvgIpc) is 2.27. The van der Waals surface area contributed by atoms with Gasteiger partial charge in [-0.25, -0.2) is 0 Å². The van der Waals surface area contributed by atoms with Gasteiger partial charge >= 0.3 is 0 Å². The van der Waals surface area contributed by atoms with E-state index in [1.165, 1.54) is 0 Å². The fourth-order valence-corrected chi connectivity index (χ4v) is 1.51. The summed E-state index contributed by atoms with van der Waals surface area (Å²) in [5, 5.41) is 6.28. The molecule has 0 bridgehead atoms. The first kappa shape index (κ1) is 15.4. The third kappa shape index (κ3) is 7.35. The lowest BCUT2D eigenvalue weighted by Crippen LogP contribution is -2.50. The predicted octanol–water partition coefficient (Wildman–Crippen LogP) is 1.20. The summed E-state index contributed by atoms with van der Waals surface area (Å²) >= 11 is 4.84. The maximum Gasteiger partial charge on any atom is 0.197 e. The monoisotopic (exact) mass is 279 g/mol. The van der Waals surface area contributed by atoms with Crippen LogP contribution in [-0.2, 0) is 6.42 Å². The molecule has 104 valence electrons. The number of pyridine rings is 1. The highest BCUT2D eigenvalue weighted by atomic mass is 32.1. The van der Waals surface area contributed by atoms with Crippen molar-refractivity contribution >= 4 is 23.3 Å². The molecule has 0 aliphatic rings. The first-order valence-electron chi connectivity index (χ1n) is 6.16. The molecular weight excluding hydrogens is 258 g/mol. The summed E-state index contributed by atoms with van der Waals surface area (Å²) in [7, 11) is 0. The maximum atomic E-state index is 5.48. The summed E-state index contributed by atoms with van der Waals surface area (Å²) in [6.07, 6.45) is 2.55. The molecular formula is C13H21N5S.